The highest BCUT2D eigenvalue weighted by molar-refractivity contribution is 5.98. The lowest BCUT2D eigenvalue weighted by atomic mass is 9.96. The third-order valence-corrected chi connectivity index (χ3v) is 3.52. The zero-order valence-electron chi connectivity index (χ0n) is 12.9. The number of rotatable bonds is 4. The van der Waals surface area contributed by atoms with Crippen LogP contribution in [0.5, 0.6) is 5.75 Å². The van der Waals surface area contributed by atoms with E-state index in [1.807, 2.05) is 18.2 Å². The van der Waals surface area contributed by atoms with Gasteiger partial charge in [-0.1, -0.05) is 31.4 Å². The number of methoxy groups -OCH3 is 1. The molecule has 0 saturated heterocycles. The van der Waals surface area contributed by atoms with Crippen LogP contribution < -0.4 is 27.2 Å². The van der Waals surface area contributed by atoms with Crippen LogP contribution in [0, 0.1) is 0 Å². The van der Waals surface area contributed by atoms with Gasteiger partial charge in [0.05, 0.1) is 7.11 Å². The van der Waals surface area contributed by atoms with Crippen LogP contribution in [-0.4, -0.2) is 25.4 Å². The smallest absolute Gasteiger partial charge is 0.207 e. The molecule has 2 rings (SSSR count). The Labute approximate surface area is 131 Å². The van der Waals surface area contributed by atoms with Gasteiger partial charge in [-0.2, -0.15) is 5.10 Å². The first-order chi connectivity index (χ1) is 10.7. The SMILES string of the molecule is COc1cccc(/C(=N/N)NN)c1.O=CNC1CCCCC1. The van der Waals surface area contributed by atoms with E-state index >= 15 is 0 Å². The van der Waals surface area contributed by atoms with E-state index in [9.17, 15) is 4.79 Å². The molecule has 0 radical (unpaired) electrons. The molecule has 1 amide bonds. The largest absolute Gasteiger partial charge is 0.497 e. The van der Waals surface area contributed by atoms with Gasteiger partial charge in [0, 0.05) is 11.6 Å². The summed E-state index contributed by atoms with van der Waals surface area (Å²) < 4.78 is 5.03. The standard InChI is InChI=1S/C8H12N4O.C7H13NO/c1-13-7-4-2-3-6(5-7)8(11-9)12-10;9-6-8-7-4-2-1-3-5-7/h2-5H,9-10H2,1H3,(H,11,12);6-7H,1-5H2,(H,8,9). The van der Waals surface area contributed by atoms with Crippen molar-refractivity contribution in [2.24, 2.45) is 16.8 Å². The van der Waals surface area contributed by atoms with Gasteiger partial charge >= 0.3 is 0 Å². The quantitative estimate of drug-likeness (QED) is 0.216. The molecule has 1 aromatic carbocycles. The second-order valence-electron chi connectivity index (χ2n) is 4.97. The van der Waals surface area contributed by atoms with Crippen molar-refractivity contribution in [3.05, 3.63) is 29.8 Å². The number of hydrogen-bond acceptors (Lipinski definition) is 5. The number of carbonyl (C=O) groups is 1. The van der Waals surface area contributed by atoms with E-state index in [1.165, 1.54) is 32.1 Å². The predicted molar refractivity (Wildman–Crippen MR) is 87.1 cm³/mol. The van der Waals surface area contributed by atoms with E-state index in [0.717, 1.165) is 17.7 Å². The zero-order chi connectivity index (χ0) is 16.2. The van der Waals surface area contributed by atoms with E-state index in [1.54, 1.807) is 13.2 Å². The highest BCUT2D eigenvalue weighted by atomic mass is 16.5. The second kappa shape index (κ2) is 10.4. The van der Waals surface area contributed by atoms with E-state index in [0.29, 0.717) is 11.9 Å². The molecule has 0 aromatic heterocycles. The Morgan fingerprint density at radius 3 is 2.64 bits per heavy atom. The minimum atomic E-state index is 0.416. The molecule has 6 N–H and O–H groups in total. The molecule has 1 aliphatic carbocycles. The lowest BCUT2D eigenvalue weighted by Gasteiger charge is -2.19. The molecule has 1 fully saturated rings. The minimum absolute atomic E-state index is 0.416. The summed E-state index contributed by atoms with van der Waals surface area (Å²) >= 11 is 0. The molecule has 0 atom stereocenters. The van der Waals surface area contributed by atoms with Crippen LogP contribution in [0.3, 0.4) is 0 Å². The number of carbonyl (C=O) groups excluding carboxylic acids is 1. The number of amides is 1. The van der Waals surface area contributed by atoms with Crippen LogP contribution in [0.25, 0.3) is 0 Å². The van der Waals surface area contributed by atoms with Gasteiger partial charge in [-0.15, -0.1) is 0 Å². The number of hydrazone groups is 1. The van der Waals surface area contributed by atoms with Crippen LogP contribution in [0.1, 0.15) is 37.7 Å². The molecule has 0 aliphatic heterocycles. The van der Waals surface area contributed by atoms with Crippen LogP contribution in [0.4, 0.5) is 0 Å². The van der Waals surface area contributed by atoms with Crippen molar-refractivity contribution in [1.29, 1.82) is 0 Å². The van der Waals surface area contributed by atoms with Crippen molar-refractivity contribution in [3.63, 3.8) is 0 Å². The summed E-state index contributed by atoms with van der Waals surface area (Å²) in [5.41, 5.74) is 3.17. The van der Waals surface area contributed by atoms with Crippen molar-refractivity contribution >= 4 is 12.2 Å². The van der Waals surface area contributed by atoms with Gasteiger partial charge in [-0.05, 0) is 25.0 Å². The van der Waals surface area contributed by atoms with Crippen molar-refractivity contribution in [1.82, 2.24) is 10.7 Å². The van der Waals surface area contributed by atoms with E-state index < -0.39 is 0 Å². The average molecular weight is 307 g/mol. The van der Waals surface area contributed by atoms with Gasteiger partial charge in [0.1, 0.15) is 5.75 Å². The van der Waals surface area contributed by atoms with Crippen LogP contribution in [-0.2, 0) is 4.79 Å². The summed E-state index contributed by atoms with van der Waals surface area (Å²) in [6.07, 6.45) is 7.08. The van der Waals surface area contributed by atoms with E-state index in [4.69, 9.17) is 16.4 Å². The van der Waals surface area contributed by atoms with Gasteiger partial charge in [-0.3, -0.25) is 4.79 Å². The molecule has 1 saturated carbocycles. The second-order valence-corrected chi connectivity index (χ2v) is 4.97. The van der Waals surface area contributed by atoms with Crippen LogP contribution in [0.2, 0.25) is 0 Å². The molecule has 0 spiro atoms. The zero-order valence-corrected chi connectivity index (χ0v) is 12.9. The fourth-order valence-corrected chi connectivity index (χ4v) is 2.33. The minimum Gasteiger partial charge on any atom is -0.497 e. The van der Waals surface area contributed by atoms with Crippen molar-refractivity contribution in [3.8, 4) is 5.75 Å². The Morgan fingerprint density at radius 1 is 1.36 bits per heavy atom. The first-order valence-corrected chi connectivity index (χ1v) is 7.33. The topological polar surface area (TPSA) is 115 Å². The van der Waals surface area contributed by atoms with Crippen LogP contribution in [0.15, 0.2) is 29.4 Å². The first kappa shape index (κ1) is 17.8. The highest BCUT2D eigenvalue weighted by Gasteiger charge is 2.10. The van der Waals surface area contributed by atoms with Gasteiger partial charge in [-0.25, -0.2) is 5.84 Å². The van der Waals surface area contributed by atoms with E-state index in [2.05, 4.69) is 15.8 Å². The lowest BCUT2D eigenvalue weighted by Crippen LogP contribution is -2.31. The molecule has 1 aliphatic rings. The molecular weight excluding hydrogens is 282 g/mol. The van der Waals surface area contributed by atoms with Crippen LogP contribution >= 0.6 is 0 Å². The third-order valence-electron chi connectivity index (χ3n) is 3.52. The predicted octanol–water partition coefficient (Wildman–Crippen LogP) is 0.844. The number of hydrogen-bond donors (Lipinski definition) is 4. The molecule has 122 valence electrons. The molecule has 0 bridgehead atoms. The summed E-state index contributed by atoms with van der Waals surface area (Å²) in [5.74, 6) is 11.5. The number of amidine groups is 1. The molecule has 0 heterocycles. The summed E-state index contributed by atoms with van der Waals surface area (Å²) in [5, 5.41) is 6.28. The Kier molecular flexibility index (Phi) is 8.44. The van der Waals surface area contributed by atoms with Gasteiger partial charge in [0.15, 0.2) is 5.84 Å². The monoisotopic (exact) mass is 307 g/mol. The maximum Gasteiger partial charge on any atom is 0.207 e. The number of nitrogens with one attached hydrogen (secondary N) is 2. The molecule has 0 unspecified atom stereocenters. The fraction of sp³-hybridized carbons (Fsp3) is 0.467. The maximum absolute atomic E-state index is 9.96. The van der Waals surface area contributed by atoms with Gasteiger partial charge in [0.2, 0.25) is 6.41 Å². The Bertz CT molecular complexity index is 473. The Balaban J connectivity index is 0.000000235. The normalized spacial score (nSPS) is 15.3. The number of nitrogens with zero attached hydrogens (tertiary/aromatic N) is 1. The molecule has 1 aromatic rings. The molecule has 7 heteroatoms. The molecular formula is C15H25N5O2. The number of benzene rings is 1. The number of hydrazine groups is 1. The fourth-order valence-electron chi connectivity index (χ4n) is 2.33. The summed E-state index contributed by atoms with van der Waals surface area (Å²) in [7, 11) is 1.59. The molecule has 22 heavy (non-hydrogen) atoms. The van der Waals surface area contributed by atoms with E-state index in [-0.39, 0.29) is 0 Å². The van der Waals surface area contributed by atoms with Crippen molar-refractivity contribution in [2.75, 3.05) is 7.11 Å². The van der Waals surface area contributed by atoms with Gasteiger partial charge in [0.25, 0.3) is 0 Å². The Morgan fingerprint density at radius 2 is 2.09 bits per heavy atom. The number of ether oxygens (including phenoxy) is 1. The van der Waals surface area contributed by atoms with Crippen molar-refractivity contribution < 1.29 is 9.53 Å². The summed E-state index contributed by atoms with van der Waals surface area (Å²) in [4.78, 5) is 9.96. The first-order valence-electron chi connectivity index (χ1n) is 7.33. The molecule has 7 nitrogen and oxygen atoms in total. The summed E-state index contributed by atoms with van der Waals surface area (Å²) in [6.45, 7) is 0. The lowest BCUT2D eigenvalue weighted by molar-refractivity contribution is -0.110. The average Bonchev–Trinajstić information content (AvgIpc) is 2.58. The third kappa shape index (κ3) is 6.01. The highest BCUT2D eigenvalue weighted by Crippen LogP contribution is 2.16. The van der Waals surface area contributed by atoms with Crippen molar-refractivity contribution in [2.45, 2.75) is 38.1 Å². The summed E-state index contributed by atoms with van der Waals surface area (Å²) in [6, 6.07) is 7.75. The maximum atomic E-state index is 9.96. The number of nitrogens with two attached hydrogens (primary N) is 2. The Hall–Kier alpha value is -2.28. The van der Waals surface area contributed by atoms with Gasteiger partial charge < -0.3 is 21.3 Å².